The average Bonchev–Trinajstić information content (AvgIpc) is 2.69. The van der Waals surface area contributed by atoms with Crippen molar-refractivity contribution in [3.63, 3.8) is 0 Å². The molecule has 0 aliphatic heterocycles. The molecular weight excluding hydrogens is 421 g/mol. The highest BCUT2D eigenvalue weighted by Crippen LogP contribution is 2.37. The summed E-state index contributed by atoms with van der Waals surface area (Å²) in [7, 11) is 1.49. The molecule has 0 bridgehead atoms. The summed E-state index contributed by atoms with van der Waals surface area (Å²) in [5, 5.41) is 3.81. The smallest absolute Gasteiger partial charge is 0.255 e. The maximum Gasteiger partial charge on any atom is 0.255 e. The quantitative estimate of drug-likeness (QED) is 0.480. The molecule has 0 atom stereocenters. The standard InChI is InChI=1S/C21H16Cl3NO3/c1-27-20-17(24)9-14(10-19(20)28-12-13-5-3-2-4-6-13)21(26)25-18-11-15(22)7-8-16(18)23/h2-11H,12H2,1H3,(H,25,26). The zero-order chi connectivity index (χ0) is 20.1. The monoisotopic (exact) mass is 435 g/mol. The molecule has 1 amide bonds. The summed E-state index contributed by atoms with van der Waals surface area (Å²) in [5.74, 6) is 0.314. The second-order valence-corrected chi connectivity index (χ2v) is 7.09. The van der Waals surface area contributed by atoms with Gasteiger partial charge in [0, 0.05) is 10.6 Å². The molecule has 0 heterocycles. The van der Waals surface area contributed by atoms with E-state index >= 15 is 0 Å². The van der Waals surface area contributed by atoms with E-state index in [-0.39, 0.29) is 5.02 Å². The number of carbonyl (C=O) groups is 1. The largest absolute Gasteiger partial charge is 0.491 e. The molecule has 0 spiro atoms. The third-order valence-electron chi connectivity index (χ3n) is 3.89. The Kier molecular flexibility index (Phi) is 6.68. The number of halogens is 3. The van der Waals surface area contributed by atoms with Crippen LogP contribution in [-0.4, -0.2) is 13.0 Å². The number of hydrogen-bond donors (Lipinski definition) is 1. The summed E-state index contributed by atoms with van der Waals surface area (Å²) in [6.45, 7) is 0.304. The van der Waals surface area contributed by atoms with Gasteiger partial charge in [-0.05, 0) is 35.9 Å². The van der Waals surface area contributed by atoms with Gasteiger partial charge >= 0.3 is 0 Å². The van der Waals surface area contributed by atoms with E-state index in [9.17, 15) is 4.79 Å². The van der Waals surface area contributed by atoms with E-state index in [0.717, 1.165) is 5.56 Å². The minimum Gasteiger partial charge on any atom is -0.491 e. The number of hydrogen-bond acceptors (Lipinski definition) is 3. The highest BCUT2D eigenvalue weighted by atomic mass is 35.5. The number of carbonyl (C=O) groups excluding carboxylic acids is 1. The summed E-state index contributed by atoms with van der Waals surface area (Å²) >= 11 is 18.4. The number of anilines is 1. The van der Waals surface area contributed by atoms with Crippen LogP contribution in [0, 0.1) is 0 Å². The maximum atomic E-state index is 12.7. The Labute approximate surface area is 177 Å². The van der Waals surface area contributed by atoms with Crippen molar-refractivity contribution in [3.05, 3.63) is 86.9 Å². The van der Waals surface area contributed by atoms with Crippen LogP contribution in [0.2, 0.25) is 15.1 Å². The van der Waals surface area contributed by atoms with Crippen LogP contribution in [0.4, 0.5) is 5.69 Å². The first-order valence-corrected chi connectivity index (χ1v) is 9.42. The predicted octanol–water partition coefficient (Wildman–Crippen LogP) is 6.49. The van der Waals surface area contributed by atoms with Crippen LogP contribution in [0.1, 0.15) is 15.9 Å². The van der Waals surface area contributed by atoms with E-state index < -0.39 is 5.91 Å². The van der Waals surface area contributed by atoms with E-state index in [1.54, 1.807) is 24.3 Å². The Hall–Kier alpha value is -2.40. The fourth-order valence-corrected chi connectivity index (χ4v) is 3.15. The molecule has 3 aromatic rings. The number of benzene rings is 3. The van der Waals surface area contributed by atoms with E-state index in [2.05, 4.69) is 5.32 Å². The highest BCUT2D eigenvalue weighted by Gasteiger charge is 2.17. The second kappa shape index (κ2) is 9.20. The van der Waals surface area contributed by atoms with Crippen LogP contribution < -0.4 is 14.8 Å². The van der Waals surface area contributed by atoms with Crippen LogP contribution in [-0.2, 0) is 6.61 Å². The lowest BCUT2D eigenvalue weighted by Crippen LogP contribution is -2.13. The van der Waals surface area contributed by atoms with Gasteiger partial charge in [-0.2, -0.15) is 0 Å². The molecular formula is C21H16Cl3NO3. The number of ether oxygens (including phenoxy) is 2. The molecule has 3 aromatic carbocycles. The summed E-state index contributed by atoms with van der Waals surface area (Å²) in [5.41, 5.74) is 1.67. The van der Waals surface area contributed by atoms with Gasteiger partial charge in [-0.1, -0.05) is 65.1 Å². The maximum absolute atomic E-state index is 12.7. The van der Waals surface area contributed by atoms with Crippen molar-refractivity contribution >= 4 is 46.4 Å². The van der Waals surface area contributed by atoms with Crippen molar-refractivity contribution in [3.8, 4) is 11.5 Å². The van der Waals surface area contributed by atoms with Crippen LogP contribution in [0.15, 0.2) is 60.7 Å². The van der Waals surface area contributed by atoms with E-state index in [0.29, 0.717) is 39.4 Å². The summed E-state index contributed by atoms with van der Waals surface area (Å²) in [4.78, 5) is 12.7. The topological polar surface area (TPSA) is 47.6 Å². The van der Waals surface area contributed by atoms with E-state index in [1.165, 1.54) is 13.2 Å². The van der Waals surface area contributed by atoms with Crippen molar-refractivity contribution in [2.75, 3.05) is 12.4 Å². The average molecular weight is 437 g/mol. The predicted molar refractivity (Wildman–Crippen MR) is 113 cm³/mol. The van der Waals surface area contributed by atoms with Gasteiger partial charge in [0.25, 0.3) is 5.91 Å². The van der Waals surface area contributed by atoms with Crippen molar-refractivity contribution in [1.82, 2.24) is 0 Å². The molecule has 7 heteroatoms. The van der Waals surface area contributed by atoms with Gasteiger partial charge in [0.15, 0.2) is 11.5 Å². The zero-order valence-electron chi connectivity index (χ0n) is 14.8. The van der Waals surface area contributed by atoms with Crippen molar-refractivity contribution in [1.29, 1.82) is 0 Å². The molecule has 0 fully saturated rings. The van der Waals surface area contributed by atoms with Gasteiger partial charge in [0.05, 0.1) is 22.8 Å². The van der Waals surface area contributed by atoms with Gasteiger partial charge in [0.2, 0.25) is 0 Å². The molecule has 0 aromatic heterocycles. The second-order valence-electron chi connectivity index (χ2n) is 5.84. The van der Waals surface area contributed by atoms with Gasteiger partial charge in [-0.15, -0.1) is 0 Å². The number of rotatable bonds is 6. The first kappa shape index (κ1) is 20.3. The molecule has 28 heavy (non-hydrogen) atoms. The normalized spacial score (nSPS) is 10.4. The molecule has 0 aliphatic carbocycles. The lowest BCUT2D eigenvalue weighted by atomic mass is 10.1. The molecule has 1 N–H and O–H groups in total. The number of nitrogens with one attached hydrogen (secondary N) is 1. The van der Waals surface area contributed by atoms with Gasteiger partial charge in [0.1, 0.15) is 6.61 Å². The van der Waals surface area contributed by atoms with E-state index in [4.69, 9.17) is 44.3 Å². The number of methoxy groups -OCH3 is 1. The summed E-state index contributed by atoms with van der Waals surface area (Å²) < 4.78 is 11.2. The summed E-state index contributed by atoms with van der Waals surface area (Å²) in [6, 6.07) is 17.5. The SMILES string of the molecule is COc1c(Cl)cc(C(=O)Nc2cc(Cl)ccc2Cl)cc1OCc1ccccc1. The van der Waals surface area contributed by atoms with Crippen molar-refractivity contribution in [2.24, 2.45) is 0 Å². The Bertz CT molecular complexity index is 994. The van der Waals surface area contributed by atoms with Crippen LogP contribution in [0.5, 0.6) is 11.5 Å². The fourth-order valence-electron chi connectivity index (χ4n) is 2.53. The first-order valence-electron chi connectivity index (χ1n) is 8.28. The molecule has 3 rings (SSSR count). The minimum atomic E-state index is -0.404. The Morgan fingerprint density at radius 2 is 1.71 bits per heavy atom. The lowest BCUT2D eigenvalue weighted by molar-refractivity contribution is 0.102. The molecule has 0 saturated carbocycles. The third-order valence-corrected chi connectivity index (χ3v) is 4.74. The molecule has 0 saturated heterocycles. The van der Waals surface area contributed by atoms with Crippen LogP contribution in [0.3, 0.4) is 0 Å². The van der Waals surface area contributed by atoms with Gasteiger partial charge in [-0.3, -0.25) is 4.79 Å². The molecule has 144 valence electrons. The first-order chi connectivity index (χ1) is 13.5. The Morgan fingerprint density at radius 1 is 0.964 bits per heavy atom. The summed E-state index contributed by atoms with van der Waals surface area (Å²) in [6.07, 6.45) is 0. The third kappa shape index (κ3) is 4.90. The number of amides is 1. The van der Waals surface area contributed by atoms with Crippen LogP contribution in [0.25, 0.3) is 0 Å². The van der Waals surface area contributed by atoms with Gasteiger partial charge in [-0.25, -0.2) is 0 Å². The highest BCUT2D eigenvalue weighted by molar-refractivity contribution is 6.36. The Balaban J connectivity index is 1.85. The van der Waals surface area contributed by atoms with Crippen LogP contribution >= 0.6 is 34.8 Å². The minimum absolute atomic E-state index is 0.260. The molecule has 0 aliphatic rings. The Morgan fingerprint density at radius 3 is 2.43 bits per heavy atom. The van der Waals surface area contributed by atoms with Gasteiger partial charge < -0.3 is 14.8 Å². The lowest BCUT2D eigenvalue weighted by Gasteiger charge is -2.14. The van der Waals surface area contributed by atoms with Crippen molar-refractivity contribution < 1.29 is 14.3 Å². The molecule has 0 radical (unpaired) electrons. The van der Waals surface area contributed by atoms with Crippen molar-refractivity contribution in [2.45, 2.75) is 6.61 Å². The van der Waals surface area contributed by atoms with E-state index in [1.807, 2.05) is 30.3 Å². The molecule has 0 unspecified atom stereocenters. The fraction of sp³-hybridized carbons (Fsp3) is 0.0952. The molecule has 4 nitrogen and oxygen atoms in total. The zero-order valence-corrected chi connectivity index (χ0v) is 17.1.